The number of carbonyl (C=O) groups is 1. The van der Waals surface area contributed by atoms with Gasteiger partial charge in [0.15, 0.2) is 5.58 Å². The van der Waals surface area contributed by atoms with E-state index < -0.39 is 0 Å². The van der Waals surface area contributed by atoms with E-state index in [0.717, 1.165) is 59.5 Å². The molecule has 5 rings (SSSR count). The number of rotatable bonds is 6. The molecule has 2 aliphatic rings. The van der Waals surface area contributed by atoms with E-state index in [-0.39, 0.29) is 6.04 Å². The Morgan fingerprint density at radius 2 is 1.97 bits per heavy atom. The van der Waals surface area contributed by atoms with Gasteiger partial charge in [-0.05, 0) is 62.4 Å². The number of nitrogens with zero attached hydrogens (tertiary/aromatic N) is 2. The number of nitrogens with one attached hydrogen (secondary N) is 1. The van der Waals surface area contributed by atoms with Gasteiger partial charge in [0.05, 0.1) is 11.7 Å². The highest BCUT2D eigenvalue weighted by Gasteiger charge is 2.26. The summed E-state index contributed by atoms with van der Waals surface area (Å²) in [6.45, 7) is 3.40. The molecule has 0 bridgehead atoms. The van der Waals surface area contributed by atoms with Crippen LogP contribution in [0.15, 0.2) is 47.0 Å². The summed E-state index contributed by atoms with van der Waals surface area (Å²) in [6, 6.07) is 14.7. The molecule has 5 heteroatoms. The summed E-state index contributed by atoms with van der Waals surface area (Å²) in [5.74, 6) is 0.754. The van der Waals surface area contributed by atoms with Gasteiger partial charge in [0.1, 0.15) is 6.29 Å². The minimum absolute atomic E-state index is 0.148. The van der Waals surface area contributed by atoms with Crippen molar-refractivity contribution < 1.29 is 9.32 Å². The number of piperidine rings is 1. The van der Waals surface area contributed by atoms with Crippen molar-refractivity contribution in [3.05, 3.63) is 59.3 Å². The third-order valence-electron chi connectivity index (χ3n) is 6.49. The molecule has 0 spiro atoms. The summed E-state index contributed by atoms with van der Waals surface area (Å²) in [4.78, 5) is 13.7. The van der Waals surface area contributed by atoms with E-state index in [1.807, 2.05) is 0 Å². The molecule has 2 aromatic carbocycles. The summed E-state index contributed by atoms with van der Waals surface area (Å²) in [6.07, 6.45) is 6.27. The fourth-order valence-corrected chi connectivity index (χ4v) is 4.80. The average molecular weight is 389 g/mol. The molecule has 1 aromatic heterocycles. The topological polar surface area (TPSA) is 58.4 Å². The van der Waals surface area contributed by atoms with E-state index >= 15 is 0 Å². The van der Waals surface area contributed by atoms with Gasteiger partial charge >= 0.3 is 0 Å². The number of hydrogen-bond acceptors (Lipinski definition) is 5. The first-order chi connectivity index (χ1) is 14.3. The molecule has 1 saturated heterocycles. The maximum atomic E-state index is 11.1. The van der Waals surface area contributed by atoms with Gasteiger partial charge in [0.2, 0.25) is 0 Å². The first-order valence-electron chi connectivity index (χ1n) is 10.7. The molecule has 1 atom stereocenters. The maximum absolute atomic E-state index is 11.1. The van der Waals surface area contributed by atoms with Crippen molar-refractivity contribution in [3.63, 3.8) is 0 Å². The van der Waals surface area contributed by atoms with E-state index in [2.05, 4.69) is 57.8 Å². The number of fused-ring (bicyclic) bond motifs is 3. The van der Waals surface area contributed by atoms with E-state index in [1.54, 1.807) is 0 Å². The van der Waals surface area contributed by atoms with E-state index in [4.69, 9.17) is 4.52 Å². The monoisotopic (exact) mass is 389 g/mol. The van der Waals surface area contributed by atoms with Crippen LogP contribution in [0.2, 0.25) is 0 Å². The van der Waals surface area contributed by atoms with Gasteiger partial charge in [0.25, 0.3) is 0 Å². The SMILES string of the molecule is O=CC1Cc2c(ccc3c(CCC4CCN(Cc5ccccc5)CC4)noc23)N1. The maximum Gasteiger partial charge on any atom is 0.172 e. The Morgan fingerprint density at radius 1 is 1.14 bits per heavy atom. The molecule has 1 unspecified atom stereocenters. The lowest BCUT2D eigenvalue weighted by Crippen LogP contribution is -2.33. The van der Waals surface area contributed by atoms with Crippen molar-refractivity contribution in [2.45, 2.75) is 44.7 Å². The highest BCUT2D eigenvalue weighted by molar-refractivity contribution is 5.90. The Kier molecular flexibility index (Phi) is 5.06. The molecule has 2 aliphatic heterocycles. The van der Waals surface area contributed by atoms with Crippen LogP contribution in [0.5, 0.6) is 0 Å². The zero-order valence-electron chi connectivity index (χ0n) is 16.6. The molecule has 0 amide bonds. The van der Waals surface area contributed by atoms with Gasteiger partial charge in [-0.25, -0.2) is 0 Å². The lowest BCUT2D eigenvalue weighted by Gasteiger charge is -2.31. The Morgan fingerprint density at radius 3 is 2.76 bits per heavy atom. The van der Waals surface area contributed by atoms with Gasteiger partial charge in [-0.2, -0.15) is 0 Å². The van der Waals surface area contributed by atoms with Crippen LogP contribution < -0.4 is 5.32 Å². The van der Waals surface area contributed by atoms with Gasteiger partial charge in [0, 0.05) is 29.6 Å². The number of aryl methyl sites for hydroxylation is 1. The minimum Gasteiger partial charge on any atom is -0.375 e. The predicted octanol–water partition coefficient (Wildman–Crippen LogP) is 4.21. The molecule has 1 fully saturated rings. The van der Waals surface area contributed by atoms with Crippen molar-refractivity contribution in [2.24, 2.45) is 5.92 Å². The van der Waals surface area contributed by atoms with Crippen LogP contribution in [0.25, 0.3) is 11.0 Å². The van der Waals surface area contributed by atoms with Crippen LogP contribution in [0.1, 0.15) is 36.1 Å². The van der Waals surface area contributed by atoms with Gasteiger partial charge < -0.3 is 14.6 Å². The second kappa shape index (κ2) is 7.99. The lowest BCUT2D eigenvalue weighted by molar-refractivity contribution is -0.108. The molecule has 0 radical (unpaired) electrons. The Balaban J connectivity index is 1.18. The van der Waals surface area contributed by atoms with Crippen LogP contribution in [0.3, 0.4) is 0 Å². The van der Waals surface area contributed by atoms with Crippen molar-refractivity contribution in [3.8, 4) is 0 Å². The summed E-state index contributed by atoms with van der Waals surface area (Å²) < 4.78 is 5.69. The predicted molar refractivity (Wildman–Crippen MR) is 114 cm³/mol. The Labute approximate surface area is 171 Å². The highest BCUT2D eigenvalue weighted by Crippen LogP contribution is 2.34. The first kappa shape index (κ1) is 18.4. The van der Waals surface area contributed by atoms with E-state index in [0.29, 0.717) is 6.42 Å². The molecule has 29 heavy (non-hydrogen) atoms. The normalized spacial score (nSPS) is 19.9. The number of likely N-dealkylation sites (tertiary alicyclic amines) is 1. The minimum atomic E-state index is -0.148. The van der Waals surface area contributed by atoms with Crippen LogP contribution in [-0.2, 0) is 24.2 Å². The van der Waals surface area contributed by atoms with Crippen LogP contribution in [-0.4, -0.2) is 35.5 Å². The van der Waals surface area contributed by atoms with Gasteiger partial charge in [-0.1, -0.05) is 35.5 Å². The van der Waals surface area contributed by atoms with Crippen LogP contribution in [0, 0.1) is 5.92 Å². The van der Waals surface area contributed by atoms with E-state index in [9.17, 15) is 4.79 Å². The standard InChI is InChI=1S/C24H27N3O2/c28-16-19-14-21-22(25-19)9-7-20-23(26-29-24(20)21)8-6-17-10-12-27(13-11-17)15-18-4-2-1-3-5-18/h1-5,7,9,16-17,19,25H,6,8,10-15H2. The summed E-state index contributed by atoms with van der Waals surface area (Å²) in [7, 11) is 0. The third kappa shape index (κ3) is 3.79. The molecule has 5 nitrogen and oxygen atoms in total. The van der Waals surface area contributed by atoms with Gasteiger partial charge in [-0.3, -0.25) is 4.90 Å². The number of aldehydes is 1. The molecular formula is C24H27N3O2. The zero-order chi connectivity index (χ0) is 19.6. The molecule has 3 aromatic rings. The fraction of sp³-hybridized carbons (Fsp3) is 0.417. The molecular weight excluding hydrogens is 362 g/mol. The van der Waals surface area contributed by atoms with Gasteiger partial charge in [-0.15, -0.1) is 0 Å². The van der Waals surface area contributed by atoms with Crippen molar-refractivity contribution in [2.75, 3.05) is 18.4 Å². The highest BCUT2D eigenvalue weighted by atomic mass is 16.5. The summed E-state index contributed by atoms with van der Waals surface area (Å²) in [5.41, 5.74) is 5.41. The number of hydrogen-bond donors (Lipinski definition) is 1. The molecule has 150 valence electrons. The number of aromatic nitrogens is 1. The molecule has 3 heterocycles. The Hall–Kier alpha value is -2.66. The van der Waals surface area contributed by atoms with Crippen molar-refractivity contribution in [1.82, 2.24) is 10.1 Å². The third-order valence-corrected chi connectivity index (χ3v) is 6.49. The largest absolute Gasteiger partial charge is 0.375 e. The molecule has 1 N–H and O–H groups in total. The summed E-state index contributed by atoms with van der Waals surface area (Å²) >= 11 is 0. The second-order valence-corrected chi connectivity index (χ2v) is 8.43. The first-order valence-corrected chi connectivity index (χ1v) is 10.7. The molecule has 0 saturated carbocycles. The lowest BCUT2D eigenvalue weighted by atomic mass is 9.91. The number of benzene rings is 2. The van der Waals surface area contributed by atoms with Crippen molar-refractivity contribution in [1.29, 1.82) is 0 Å². The quantitative estimate of drug-likeness (QED) is 0.640. The summed E-state index contributed by atoms with van der Waals surface area (Å²) in [5, 5.41) is 8.72. The van der Waals surface area contributed by atoms with Crippen LogP contribution >= 0.6 is 0 Å². The number of carbonyl (C=O) groups excluding carboxylic acids is 1. The van der Waals surface area contributed by atoms with Crippen LogP contribution in [0.4, 0.5) is 5.69 Å². The number of anilines is 1. The van der Waals surface area contributed by atoms with Crippen molar-refractivity contribution >= 4 is 22.9 Å². The molecule has 0 aliphatic carbocycles. The Bertz CT molecular complexity index is 990. The zero-order valence-corrected chi connectivity index (χ0v) is 16.6. The van der Waals surface area contributed by atoms with E-state index in [1.165, 1.54) is 31.5 Å². The smallest absolute Gasteiger partial charge is 0.172 e. The fourth-order valence-electron chi connectivity index (χ4n) is 4.80. The second-order valence-electron chi connectivity index (χ2n) is 8.43. The average Bonchev–Trinajstić information content (AvgIpc) is 3.37.